The van der Waals surface area contributed by atoms with Gasteiger partial charge in [0.1, 0.15) is 4.88 Å². The van der Waals surface area contributed by atoms with Crippen molar-refractivity contribution in [3.05, 3.63) is 17.0 Å². The third-order valence-corrected chi connectivity index (χ3v) is 2.99. The fraction of sp³-hybridized carbons (Fsp3) is 0.500. The number of hydrogen-bond donors (Lipinski definition) is 1. The van der Waals surface area contributed by atoms with Gasteiger partial charge in [0.25, 0.3) is 5.89 Å². The normalized spacial score (nSPS) is 11.2. The van der Waals surface area contributed by atoms with E-state index in [9.17, 15) is 0 Å². The molecule has 0 aliphatic rings. The Morgan fingerprint density at radius 2 is 2.31 bits per heavy atom. The first-order valence-corrected chi connectivity index (χ1v) is 6.01. The Labute approximate surface area is 97.9 Å². The number of thiazole rings is 1. The van der Waals surface area contributed by atoms with E-state index in [1.807, 2.05) is 6.92 Å². The highest BCUT2D eigenvalue weighted by atomic mass is 32.1. The molecule has 2 heterocycles. The second-order valence-electron chi connectivity index (χ2n) is 3.82. The molecule has 2 aromatic rings. The van der Waals surface area contributed by atoms with Crippen molar-refractivity contribution < 1.29 is 4.52 Å². The van der Waals surface area contributed by atoms with Crippen LogP contribution in [-0.2, 0) is 6.54 Å². The Morgan fingerprint density at radius 1 is 1.50 bits per heavy atom. The monoisotopic (exact) mass is 238 g/mol. The van der Waals surface area contributed by atoms with Gasteiger partial charge < -0.3 is 9.84 Å². The Morgan fingerprint density at radius 3 is 2.94 bits per heavy atom. The van der Waals surface area contributed by atoms with E-state index in [-0.39, 0.29) is 0 Å². The van der Waals surface area contributed by atoms with Crippen molar-refractivity contribution in [2.24, 2.45) is 0 Å². The molecule has 0 fully saturated rings. The Balaban J connectivity index is 2.11. The molecule has 2 aromatic heterocycles. The summed E-state index contributed by atoms with van der Waals surface area (Å²) in [5.41, 5.74) is 2.71. The molecule has 2 rings (SSSR count). The van der Waals surface area contributed by atoms with Crippen molar-refractivity contribution in [3.8, 4) is 10.8 Å². The lowest BCUT2D eigenvalue weighted by molar-refractivity contribution is 0.417. The minimum Gasteiger partial charge on any atom is -0.333 e. The summed E-state index contributed by atoms with van der Waals surface area (Å²) in [4.78, 5) is 9.41. The first kappa shape index (κ1) is 11.2. The van der Waals surface area contributed by atoms with Crippen LogP contribution in [0.4, 0.5) is 0 Å². The maximum absolute atomic E-state index is 5.19. The molecule has 0 saturated carbocycles. The van der Waals surface area contributed by atoms with E-state index < -0.39 is 0 Å². The van der Waals surface area contributed by atoms with Crippen molar-refractivity contribution in [1.29, 1.82) is 0 Å². The molecule has 86 valence electrons. The van der Waals surface area contributed by atoms with Gasteiger partial charge in [-0.05, 0) is 6.92 Å². The number of aryl methyl sites for hydroxylation is 1. The smallest absolute Gasteiger partial charge is 0.269 e. The van der Waals surface area contributed by atoms with Gasteiger partial charge >= 0.3 is 0 Å². The van der Waals surface area contributed by atoms with E-state index >= 15 is 0 Å². The largest absolute Gasteiger partial charge is 0.333 e. The van der Waals surface area contributed by atoms with Gasteiger partial charge in [0.15, 0.2) is 5.82 Å². The van der Waals surface area contributed by atoms with Crippen LogP contribution in [0.15, 0.2) is 10.0 Å². The van der Waals surface area contributed by atoms with Gasteiger partial charge in [-0.25, -0.2) is 4.98 Å². The van der Waals surface area contributed by atoms with Crippen LogP contribution in [0.25, 0.3) is 10.8 Å². The number of aromatic nitrogens is 3. The molecule has 0 bridgehead atoms. The van der Waals surface area contributed by atoms with E-state index in [2.05, 4.69) is 34.3 Å². The zero-order valence-corrected chi connectivity index (χ0v) is 10.3. The summed E-state index contributed by atoms with van der Waals surface area (Å²) >= 11 is 1.51. The lowest BCUT2D eigenvalue weighted by atomic mass is 10.4. The standard InChI is InChI=1S/C10H14N4OS/c1-6(2)11-4-8-13-10(15-14-8)9-7(3)12-5-16-9/h5-6,11H,4H2,1-3H3. The fourth-order valence-electron chi connectivity index (χ4n) is 1.22. The maximum Gasteiger partial charge on any atom is 0.269 e. The molecule has 0 unspecified atom stereocenters. The van der Waals surface area contributed by atoms with Crippen LogP contribution in [0.3, 0.4) is 0 Å². The highest BCUT2D eigenvalue weighted by Gasteiger charge is 2.13. The molecular formula is C10H14N4OS. The highest BCUT2D eigenvalue weighted by Crippen LogP contribution is 2.25. The average molecular weight is 238 g/mol. The quantitative estimate of drug-likeness (QED) is 0.882. The number of nitrogens with one attached hydrogen (secondary N) is 1. The molecule has 5 nitrogen and oxygen atoms in total. The summed E-state index contributed by atoms with van der Waals surface area (Å²) < 4.78 is 5.19. The Hall–Kier alpha value is -1.27. The van der Waals surface area contributed by atoms with Gasteiger partial charge in [-0.2, -0.15) is 4.98 Å². The molecule has 0 aliphatic heterocycles. The van der Waals surface area contributed by atoms with Crippen molar-refractivity contribution in [2.75, 3.05) is 0 Å². The number of hydrogen-bond acceptors (Lipinski definition) is 6. The molecule has 1 N–H and O–H groups in total. The molecule has 0 radical (unpaired) electrons. The van der Waals surface area contributed by atoms with Crippen LogP contribution < -0.4 is 5.32 Å². The zero-order chi connectivity index (χ0) is 11.5. The maximum atomic E-state index is 5.19. The molecule has 6 heteroatoms. The third-order valence-electron chi connectivity index (χ3n) is 2.08. The second kappa shape index (κ2) is 4.71. The average Bonchev–Trinajstić information content (AvgIpc) is 2.83. The van der Waals surface area contributed by atoms with Crippen LogP contribution in [0.2, 0.25) is 0 Å². The summed E-state index contributed by atoms with van der Waals surface area (Å²) in [6.07, 6.45) is 0. The SMILES string of the molecule is Cc1ncsc1-c1nc(CNC(C)C)no1. The topological polar surface area (TPSA) is 63.8 Å². The van der Waals surface area contributed by atoms with Crippen molar-refractivity contribution >= 4 is 11.3 Å². The molecule has 0 aliphatic carbocycles. The molecule has 0 atom stereocenters. The van der Waals surface area contributed by atoms with E-state index in [4.69, 9.17) is 4.52 Å². The van der Waals surface area contributed by atoms with Crippen LogP contribution in [0.5, 0.6) is 0 Å². The summed E-state index contributed by atoms with van der Waals surface area (Å²) in [7, 11) is 0. The summed E-state index contributed by atoms with van der Waals surface area (Å²) in [6.45, 7) is 6.71. The summed E-state index contributed by atoms with van der Waals surface area (Å²) in [6, 6.07) is 0.409. The zero-order valence-electron chi connectivity index (χ0n) is 9.52. The van der Waals surface area contributed by atoms with Crippen molar-refractivity contribution in [1.82, 2.24) is 20.4 Å². The van der Waals surface area contributed by atoms with Crippen LogP contribution in [-0.4, -0.2) is 21.2 Å². The molecule has 0 amide bonds. The predicted molar refractivity (Wildman–Crippen MR) is 62.1 cm³/mol. The third kappa shape index (κ3) is 2.45. The molecule has 0 saturated heterocycles. The van der Waals surface area contributed by atoms with Crippen LogP contribution >= 0.6 is 11.3 Å². The highest BCUT2D eigenvalue weighted by molar-refractivity contribution is 7.13. The van der Waals surface area contributed by atoms with E-state index in [1.165, 1.54) is 11.3 Å². The molecule has 0 spiro atoms. The van der Waals surface area contributed by atoms with Gasteiger partial charge in [-0.1, -0.05) is 19.0 Å². The molecular weight excluding hydrogens is 224 g/mol. The first-order chi connectivity index (χ1) is 7.66. The number of nitrogens with zero attached hydrogens (tertiary/aromatic N) is 3. The first-order valence-electron chi connectivity index (χ1n) is 5.13. The molecule has 16 heavy (non-hydrogen) atoms. The van der Waals surface area contributed by atoms with Crippen LogP contribution in [0.1, 0.15) is 25.4 Å². The lowest BCUT2D eigenvalue weighted by Crippen LogP contribution is -2.22. The van der Waals surface area contributed by atoms with E-state index in [0.29, 0.717) is 24.3 Å². The summed E-state index contributed by atoms with van der Waals surface area (Å²) in [5.74, 6) is 1.23. The van der Waals surface area contributed by atoms with Gasteiger partial charge in [0, 0.05) is 6.04 Å². The second-order valence-corrected chi connectivity index (χ2v) is 4.67. The summed E-state index contributed by atoms with van der Waals surface area (Å²) in [5, 5.41) is 7.15. The Bertz CT molecular complexity index is 463. The van der Waals surface area contributed by atoms with Crippen molar-refractivity contribution in [3.63, 3.8) is 0 Å². The minimum absolute atomic E-state index is 0.409. The van der Waals surface area contributed by atoms with Gasteiger partial charge in [0.05, 0.1) is 17.7 Å². The van der Waals surface area contributed by atoms with Gasteiger partial charge in [-0.15, -0.1) is 11.3 Å². The fourth-order valence-corrected chi connectivity index (χ4v) is 1.94. The van der Waals surface area contributed by atoms with Crippen molar-refractivity contribution in [2.45, 2.75) is 33.4 Å². The number of rotatable bonds is 4. The van der Waals surface area contributed by atoms with Gasteiger partial charge in [-0.3, -0.25) is 0 Å². The minimum atomic E-state index is 0.409. The Kier molecular flexibility index (Phi) is 3.31. The van der Waals surface area contributed by atoms with Crippen LogP contribution in [0, 0.1) is 6.92 Å². The molecule has 0 aromatic carbocycles. The van der Waals surface area contributed by atoms with Gasteiger partial charge in [0.2, 0.25) is 0 Å². The van der Waals surface area contributed by atoms with E-state index in [1.54, 1.807) is 5.51 Å². The lowest BCUT2D eigenvalue weighted by Gasteiger charge is -2.02. The van der Waals surface area contributed by atoms with E-state index in [0.717, 1.165) is 10.6 Å². The predicted octanol–water partition coefficient (Wildman–Crippen LogP) is 2.00.